The molecular weight excluding hydrogens is 314 g/mol. The first-order chi connectivity index (χ1) is 11.6. The van der Waals surface area contributed by atoms with Crippen LogP contribution in [0.15, 0.2) is 20.9 Å². The number of aromatic nitrogens is 2. The normalized spacial score (nSPS) is 23.2. The summed E-state index contributed by atoms with van der Waals surface area (Å²) in [6.07, 6.45) is 5.17. The molecule has 0 radical (unpaired) electrons. The monoisotopic (exact) mass is 337 g/mol. The maximum atomic E-state index is 12.1. The molecule has 2 N–H and O–H groups in total. The second-order valence-electron chi connectivity index (χ2n) is 5.95. The van der Waals surface area contributed by atoms with Crippen LogP contribution < -0.4 is 11.2 Å². The molecule has 24 heavy (non-hydrogen) atoms. The highest BCUT2D eigenvalue weighted by molar-refractivity contribution is 5.06. The predicted molar refractivity (Wildman–Crippen MR) is 87.7 cm³/mol. The lowest BCUT2D eigenvalue weighted by Gasteiger charge is -2.15. The van der Waals surface area contributed by atoms with Gasteiger partial charge in [-0.05, 0) is 18.4 Å². The van der Waals surface area contributed by atoms with Crippen LogP contribution in [-0.4, -0.2) is 33.4 Å². The number of aliphatic hydroxyl groups is 1. The molecule has 1 aromatic heterocycles. The van der Waals surface area contributed by atoms with E-state index in [0.717, 1.165) is 25.7 Å². The van der Waals surface area contributed by atoms with Crippen molar-refractivity contribution in [1.82, 2.24) is 9.55 Å². The van der Waals surface area contributed by atoms with Crippen LogP contribution in [0.25, 0.3) is 10.4 Å². The highest BCUT2D eigenvalue weighted by atomic mass is 16.5. The Kier molecular flexibility index (Phi) is 6.60. The van der Waals surface area contributed by atoms with Gasteiger partial charge in [-0.3, -0.25) is 14.3 Å². The molecule has 1 aromatic rings. The Labute approximate surface area is 138 Å². The zero-order valence-electron chi connectivity index (χ0n) is 13.7. The molecule has 9 nitrogen and oxygen atoms in total. The molecule has 3 unspecified atom stereocenters. The van der Waals surface area contributed by atoms with E-state index in [1.54, 1.807) is 0 Å². The molecule has 0 amide bonds. The number of nitrogens with zero attached hydrogens (tertiary/aromatic N) is 4. The molecule has 9 heteroatoms. The fraction of sp³-hybridized carbons (Fsp3) is 0.733. The van der Waals surface area contributed by atoms with Crippen molar-refractivity contribution in [2.45, 2.75) is 63.8 Å². The molecule has 0 spiro atoms. The van der Waals surface area contributed by atoms with Crippen LogP contribution in [-0.2, 0) is 11.2 Å². The Morgan fingerprint density at radius 3 is 2.92 bits per heavy atom. The van der Waals surface area contributed by atoms with Crippen LogP contribution in [0.2, 0.25) is 0 Å². The van der Waals surface area contributed by atoms with Gasteiger partial charge < -0.3 is 9.84 Å². The van der Waals surface area contributed by atoms with Gasteiger partial charge in [0.25, 0.3) is 5.56 Å². The number of hydrogen-bond donors (Lipinski definition) is 2. The van der Waals surface area contributed by atoms with Crippen LogP contribution in [0, 0.1) is 0 Å². The molecule has 1 aliphatic rings. The van der Waals surface area contributed by atoms with E-state index in [1.165, 1.54) is 10.8 Å². The topological polar surface area (TPSA) is 133 Å². The van der Waals surface area contributed by atoms with Crippen LogP contribution >= 0.6 is 0 Å². The number of rotatable bonds is 8. The summed E-state index contributed by atoms with van der Waals surface area (Å²) in [5.41, 5.74) is 8.16. The molecule has 0 aliphatic carbocycles. The van der Waals surface area contributed by atoms with E-state index in [2.05, 4.69) is 21.9 Å². The molecule has 1 saturated heterocycles. The standard InChI is InChI=1S/C15H23N5O4/c1-2-3-4-5-6-10-8-20(15(23)17-14(10)22)13-7-11(18-19-16)12(9-21)24-13/h8,11-13,21H,2-7,9H2,1H3,(H,17,22,23). The summed E-state index contributed by atoms with van der Waals surface area (Å²) in [4.78, 5) is 29.1. The van der Waals surface area contributed by atoms with Crippen LogP contribution in [0.3, 0.4) is 0 Å². The lowest BCUT2D eigenvalue weighted by molar-refractivity contribution is -0.0271. The maximum absolute atomic E-state index is 12.1. The Morgan fingerprint density at radius 2 is 2.25 bits per heavy atom. The van der Waals surface area contributed by atoms with Gasteiger partial charge in [-0.25, -0.2) is 4.79 Å². The fourth-order valence-electron chi connectivity index (χ4n) is 2.90. The van der Waals surface area contributed by atoms with Crippen molar-refractivity contribution in [2.24, 2.45) is 5.11 Å². The van der Waals surface area contributed by atoms with Crippen molar-refractivity contribution in [2.75, 3.05) is 6.61 Å². The molecule has 1 aliphatic heterocycles. The largest absolute Gasteiger partial charge is 0.394 e. The molecule has 3 atom stereocenters. The van der Waals surface area contributed by atoms with Gasteiger partial charge in [0.05, 0.1) is 18.8 Å². The fourth-order valence-corrected chi connectivity index (χ4v) is 2.90. The Hall–Kier alpha value is -2.09. The van der Waals surface area contributed by atoms with Crippen LogP contribution in [0.1, 0.15) is 50.8 Å². The summed E-state index contributed by atoms with van der Waals surface area (Å²) in [6.45, 7) is 1.81. The smallest absolute Gasteiger partial charge is 0.330 e. The van der Waals surface area contributed by atoms with Crippen molar-refractivity contribution in [3.63, 3.8) is 0 Å². The van der Waals surface area contributed by atoms with E-state index in [1.807, 2.05) is 0 Å². The number of aryl methyl sites for hydroxylation is 1. The molecule has 2 heterocycles. The van der Waals surface area contributed by atoms with E-state index in [0.29, 0.717) is 12.0 Å². The van der Waals surface area contributed by atoms with Gasteiger partial charge in [-0.1, -0.05) is 31.3 Å². The first-order valence-electron chi connectivity index (χ1n) is 8.25. The Balaban J connectivity index is 2.19. The lowest BCUT2D eigenvalue weighted by atomic mass is 10.1. The number of aliphatic hydroxyl groups excluding tert-OH is 1. The minimum absolute atomic E-state index is 0.274. The molecule has 0 aromatic carbocycles. The van der Waals surface area contributed by atoms with Gasteiger partial charge in [-0.15, -0.1) is 0 Å². The summed E-state index contributed by atoms with van der Waals surface area (Å²) in [5, 5.41) is 12.9. The first-order valence-corrected chi connectivity index (χ1v) is 8.25. The summed E-state index contributed by atoms with van der Waals surface area (Å²) >= 11 is 0. The average molecular weight is 337 g/mol. The molecule has 0 saturated carbocycles. The highest BCUT2D eigenvalue weighted by Gasteiger charge is 2.35. The molecule has 132 valence electrons. The second kappa shape index (κ2) is 8.68. The number of hydrogen-bond acceptors (Lipinski definition) is 5. The Bertz CT molecular complexity index is 707. The number of azide groups is 1. The van der Waals surface area contributed by atoms with Crippen molar-refractivity contribution >= 4 is 0 Å². The van der Waals surface area contributed by atoms with Crippen LogP contribution in [0.5, 0.6) is 0 Å². The average Bonchev–Trinajstić information content (AvgIpc) is 2.96. The third-order valence-corrected chi connectivity index (χ3v) is 4.24. The quantitative estimate of drug-likeness (QED) is 0.322. The highest BCUT2D eigenvalue weighted by Crippen LogP contribution is 2.29. The second-order valence-corrected chi connectivity index (χ2v) is 5.95. The van der Waals surface area contributed by atoms with E-state index in [-0.39, 0.29) is 18.6 Å². The van der Waals surface area contributed by atoms with Crippen molar-refractivity contribution < 1.29 is 9.84 Å². The summed E-state index contributed by atoms with van der Waals surface area (Å²) < 4.78 is 6.92. The van der Waals surface area contributed by atoms with Gasteiger partial charge in [0.15, 0.2) is 0 Å². The third-order valence-electron chi connectivity index (χ3n) is 4.24. The molecule has 1 fully saturated rings. The Morgan fingerprint density at radius 1 is 1.46 bits per heavy atom. The van der Waals surface area contributed by atoms with Gasteiger partial charge in [-0.2, -0.15) is 0 Å². The predicted octanol–water partition coefficient (Wildman–Crippen LogP) is 1.62. The summed E-state index contributed by atoms with van der Waals surface area (Å²) in [6, 6.07) is -0.545. The van der Waals surface area contributed by atoms with Crippen LogP contribution in [0.4, 0.5) is 0 Å². The van der Waals surface area contributed by atoms with E-state index >= 15 is 0 Å². The minimum atomic E-state index is -0.670. The van der Waals surface area contributed by atoms with E-state index in [4.69, 9.17) is 10.3 Å². The number of H-pyrrole nitrogens is 1. The molecular formula is C15H23N5O4. The summed E-state index contributed by atoms with van der Waals surface area (Å²) in [5.74, 6) is 0. The lowest BCUT2D eigenvalue weighted by Crippen LogP contribution is -2.34. The number of unbranched alkanes of at least 4 members (excludes halogenated alkanes) is 3. The van der Waals surface area contributed by atoms with Gasteiger partial charge >= 0.3 is 5.69 Å². The zero-order chi connectivity index (χ0) is 17.5. The molecule has 0 bridgehead atoms. The number of ether oxygens (including phenoxy) is 1. The number of aromatic amines is 1. The first kappa shape index (κ1) is 18.3. The summed E-state index contributed by atoms with van der Waals surface area (Å²) in [7, 11) is 0. The zero-order valence-corrected chi connectivity index (χ0v) is 13.7. The SMILES string of the molecule is CCCCCCc1cn(C2CC(N=[N+]=[N-])C(CO)O2)c(=O)[nH]c1=O. The van der Waals surface area contributed by atoms with Crippen molar-refractivity contribution in [3.05, 3.63) is 43.0 Å². The van der Waals surface area contributed by atoms with Crippen molar-refractivity contribution in [3.8, 4) is 0 Å². The number of nitrogens with one attached hydrogen (secondary N) is 1. The third kappa shape index (κ3) is 4.25. The maximum Gasteiger partial charge on any atom is 0.330 e. The van der Waals surface area contributed by atoms with Gasteiger partial charge in [0.2, 0.25) is 0 Å². The van der Waals surface area contributed by atoms with E-state index in [9.17, 15) is 14.7 Å². The van der Waals surface area contributed by atoms with E-state index < -0.39 is 24.1 Å². The van der Waals surface area contributed by atoms with Crippen molar-refractivity contribution in [1.29, 1.82) is 0 Å². The minimum Gasteiger partial charge on any atom is -0.394 e. The van der Waals surface area contributed by atoms with Gasteiger partial charge in [0, 0.05) is 23.1 Å². The molecule has 2 rings (SSSR count). The van der Waals surface area contributed by atoms with Gasteiger partial charge in [0.1, 0.15) is 6.23 Å².